The predicted octanol–water partition coefficient (Wildman–Crippen LogP) is 1.75. The number of guanidine groups is 1. The number of nitrogens with two attached hydrogens (primary N) is 1. The van der Waals surface area contributed by atoms with Crippen molar-refractivity contribution >= 4 is 41.7 Å². The molecule has 0 aliphatic carbocycles. The van der Waals surface area contributed by atoms with Crippen molar-refractivity contribution < 1.29 is 0 Å². The summed E-state index contributed by atoms with van der Waals surface area (Å²) in [5.74, 6) is 3.72. The van der Waals surface area contributed by atoms with Crippen molar-refractivity contribution in [2.75, 3.05) is 24.6 Å². The molecule has 0 spiro atoms. The van der Waals surface area contributed by atoms with E-state index >= 15 is 0 Å². The van der Waals surface area contributed by atoms with Crippen molar-refractivity contribution in [3.05, 3.63) is 42.6 Å². The van der Waals surface area contributed by atoms with Crippen LogP contribution in [0.3, 0.4) is 0 Å². The second kappa shape index (κ2) is 8.37. The number of halogens is 1. The van der Waals surface area contributed by atoms with E-state index in [0.717, 1.165) is 36.0 Å². The molecule has 8 heteroatoms. The third kappa shape index (κ3) is 4.35. The number of pyridine rings is 1. The lowest BCUT2D eigenvalue weighted by atomic mass is 10.2. The summed E-state index contributed by atoms with van der Waals surface area (Å²) < 4.78 is 1.87. The van der Waals surface area contributed by atoms with Crippen LogP contribution in [-0.4, -0.2) is 50.0 Å². The van der Waals surface area contributed by atoms with E-state index in [1.54, 1.807) is 18.7 Å². The smallest absolute Gasteiger partial charge is 0.191 e. The molecule has 3 heterocycles. The summed E-state index contributed by atoms with van der Waals surface area (Å²) in [7, 11) is 0. The Morgan fingerprint density at radius 2 is 2.14 bits per heavy atom. The number of nitrogens with zero attached hydrogens (tertiary/aromatic N) is 5. The first kappa shape index (κ1) is 17.1. The summed E-state index contributed by atoms with van der Waals surface area (Å²) in [5.41, 5.74) is 7.15. The minimum Gasteiger partial charge on any atom is -0.370 e. The first-order chi connectivity index (χ1) is 10.3. The lowest BCUT2D eigenvalue weighted by molar-refractivity contribution is 0.455. The zero-order valence-electron chi connectivity index (χ0n) is 12.1. The Hall–Kier alpha value is -1.29. The molecule has 0 bridgehead atoms. The highest BCUT2D eigenvalue weighted by molar-refractivity contribution is 14.0. The average Bonchev–Trinajstić information content (AvgIpc) is 3.08. The van der Waals surface area contributed by atoms with Crippen molar-refractivity contribution in [1.29, 1.82) is 0 Å². The molecule has 0 saturated carbocycles. The molecule has 6 nitrogen and oxygen atoms in total. The molecule has 2 N–H and O–H groups in total. The maximum atomic E-state index is 6.06. The van der Waals surface area contributed by atoms with Gasteiger partial charge in [-0.15, -0.1) is 24.0 Å². The van der Waals surface area contributed by atoms with Crippen LogP contribution in [0.5, 0.6) is 0 Å². The highest BCUT2D eigenvalue weighted by Crippen LogP contribution is 2.10. The number of thioether (sulfide) groups is 1. The Morgan fingerprint density at radius 3 is 2.86 bits per heavy atom. The minimum atomic E-state index is 0. The molecule has 0 amide bonds. The largest absolute Gasteiger partial charge is 0.370 e. The fraction of sp³-hybridized carbons (Fsp3) is 0.357. The van der Waals surface area contributed by atoms with E-state index in [9.17, 15) is 0 Å². The fourth-order valence-electron chi connectivity index (χ4n) is 2.16. The Kier molecular flexibility index (Phi) is 6.49. The summed E-state index contributed by atoms with van der Waals surface area (Å²) in [6.07, 6.45) is 7.12. The van der Waals surface area contributed by atoms with E-state index < -0.39 is 0 Å². The van der Waals surface area contributed by atoms with Gasteiger partial charge in [0.1, 0.15) is 12.1 Å². The van der Waals surface area contributed by atoms with E-state index in [1.165, 1.54) is 0 Å². The van der Waals surface area contributed by atoms with Gasteiger partial charge in [-0.05, 0) is 17.7 Å². The van der Waals surface area contributed by atoms with Gasteiger partial charge in [-0.3, -0.25) is 4.57 Å². The normalized spacial score (nSPS) is 15.5. The number of rotatable bonds is 3. The van der Waals surface area contributed by atoms with Crippen LogP contribution >= 0.6 is 35.7 Å². The van der Waals surface area contributed by atoms with E-state index in [0.29, 0.717) is 12.5 Å². The molecule has 3 rings (SSSR count). The zero-order chi connectivity index (χ0) is 14.5. The van der Waals surface area contributed by atoms with Crippen LogP contribution in [0.2, 0.25) is 0 Å². The molecule has 0 unspecified atom stereocenters. The van der Waals surface area contributed by atoms with Gasteiger partial charge in [-0.1, -0.05) is 0 Å². The quantitative estimate of drug-likeness (QED) is 0.457. The number of hydrogen-bond donors (Lipinski definition) is 1. The summed E-state index contributed by atoms with van der Waals surface area (Å²) in [6.45, 7) is 2.53. The predicted molar refractivity (Wildman–Crippen MR) is 101 cm³/mol. The van der Waals surface area contributed by atoms with Gasteiger partial charge in [-0.2, -0.15) is 11.8 Å². The zero-order valence-corrected chi connectivity index (χ0v) is 15.3. The summed E-state index contributed by atoms with van der Waals surface area (Å²) >= 11 is 1.96. The number of aromatic nitrogens is 3. The highest BCUT2D eigenvalue weighted by atomic mass is 127. The van der Waals surface area contributed by atoms with Crippen molar-refractivity contribution in [2.24, 2.45) is 10.7 Å². The van der Waals surface area contributed by atoms with Gasteiger partial charge in [0.2, 0.25) is 0 Å². The lowest BCUT2D eigenvalue weighted by Crippen LogP contribution is -2.42. The third-order valence-electron chi connectivity index (χ3n) is 3.34. The second-order valence-corrected chi connectivity index (χ2v) is 5.99. The van der Waals surface area contributed by atoms with Crippen LogP contribution in [0.4, 0.5) is 0 Å². The van der Waals surface area contributed by atoms with Gasteiger partial charge in [0, 0.05) is 43.2 Å². The Morgan fingerprint density at radius 1 is 1.32 bits per heavy atom. The SMILES string of the molecule is I.NC(=NCc1ccnc(-n2ccnc2)c1)N1CCSCC1. The van der Waals surface area contributed by atoms with Crippen LogP contribution in [0.25, 0.3) is 5.82 Å². The molecule has 0 aromatic carbocycles. The monoisotopic (exact) mass is 430 g/mol. The summed E-state index contributed by atoms with van der Waals surface area (Å²) in [5, 5.41) is 0. The van der Waals surface area contributed by atoms with Crippen LogP contribution < -0.4 is 5.73 Å². The molecule has 1 saturated heterocycles. The fourth-order valence-corrected chi connectivity index (χ4v) is 3.06. The van der Waals surface area contributed by atoms with Gasteiger partial charge < -0.3 is 10.6 Å². The minimum absolute atomic E-state index is 0. The topological polar surface area (TPSA) is 72.3 Å². The molecule has 1 aliphatic rings. The molecular formula is C14H19IN6S. The van der Waals surface area contributed by atoms with Gasteiger partial charge >= 0.3 is 0 Å². The highest BCUT2D eigenvalue weighted by Gasteiger charge is 2.11. The molecular weight excluding hydrogens is 411 g/mol. The van der Waals surface area contributed by atoms with Crippen molar-refractivity contribution in [3.8, 4) is 5.82 Å². The summed E-state index contributed by atoms with van der Waals surface area (Å²) in [6, 6.07) is 3.97. The number of aliphatic imine (C=N–C) groups is 1. The van der Waals surface area contributed by atoms with Crippen LogP contribution in [-0.2, 0) is 6.54 Å². The van der Waals surface area contributed by atoms with E-state index in [4.69, 9.17) is 5.73 Å². The Bertz CT molecular complexity index is 610. The van der Waals surface area contributed by atoms with Crippen LogP contribution in [0.1, 0.15) is 5.56 Å². The molecule has 1 aliphatic heterocycles. The maximum absolute atomic E-state index is 6.06. The standard InChI is InChI=1S/C14H18N6S.HI/c15-14(19-5-7-21-8-6-19)18-10-12-1-2-17-13(9-12)20-4-3-16-11-20;/h1-4,9,11H,5-8,10H2,(H2,15,18);1H. The van der Waals surface area contributed by atoms with E-state index in [2.05, 4.69) is 19.9 Å². The molecule has 2 aromatic rings. The molecule has 0 radical (unpaired) electrons. The Balaban J connectivity index is 0.00000176. The molecule has 118 valence electrons. The molecule has 22 heavy (non-hydrogen) atoms. The van der Waals surface area contributed by atoms with Crippen molar-refractivity contribution in [2.45, 2.75) is 6.54 Å². The van der Waals surface area contributed by atoms with Crippen molar-refractivity contribution in [3.63, 3.8) is 0 Å². The van der Waals surface area contributed by atoms with Crippen LogP contribution in [0, 0.1) is 0 Å². The molecule has 0 atom stereocenters. The van der Waals surface area contributed by atoms with Gasteiger partial charge in [0.15, 0.2) is 5.96 Å². The summed E-state index contributed by atoms with van der Waals surface area (Å²) in [4.78, 5) is 15.0. The van der Waals surface area contributed by atoms with E-state index in [1.807, 2.05) is 34.7 Å². The molecule has 1 fully saturated rings. The Labute approximate surface area is 151 Å². The van der Waals surface area contributed by atoms with Crippen LogP contribution in [0.15, 0.2) is 42.0 Å². The van der Waals surface area contributed by atoms with E-state index in [-0.39, 0.29) is 24.0 Å². The molecule has 2 aromatic heterocycles. The van der Waals surface area contributed by atoms with Crippen molar-refractivity contribution in [1.82, 2.24) is 19.4 Å². The lowest BCUT2D eigenvalue weighted by Gasteiger charge is -2.27. The van der Waals surface area contributed by atoms with Gasteiger partial charge in [-0.25, -0.2) is 15.0 Å². The first-order valence-electron chi connectivity index (χ1n) is 6.89. The second-order valence-electron chi connectivity index (χ2n) is 4.77. The third-order valence-corrected chi connectivity index (χ3v) is 4.28. The van der Waals surface area contributed by atoms with Gasteiger partial charge in [0.05, 0.1) is 6.54 Å². The number of hydrogen-bond acceptors (Lipinski definition) is 4. The maximum Gasteiger partial charge on any atom is 0.191 e. The average molecular weight is 430 g/mol. The number of imidazole rings is 1. The first-order valence-corrected chi connectivity index (χ1v) is 8.04. The van der Waals surface area contributed by atoms with Gasteiger partial charge in [0.25, 0.3) is 0 Å².